The van der Waals surface area contributed by atoms with E-state index in [-0.39, 0.29) is 0 Å². The number of hydrogen-bond donors (Lipinski definition) is 0. The lowest BCUT2D eigenvalue weighted by Crippen LogP contribution is -2.67. The average Bonchev–Trinajstić information content (AvgIpc) is 3.12. The Balaban J connectivity index is 0.000000118. The van der Waals surface area contributed by atoms with Gasteiger partial charge in [-0.25, -0.2) is 0 Å². The topological polar surface area (TPSA) is 37.4 Å². The summed E-state index contributed by atoms with van der Waals surface area (Å²) in [6, 6.07) is 2.17. The second kappa shape index (κ2) is 10.4. The van der Waals surface area contributed by atoms with E-state index in [2.05, 4.69) is 56.2 Å². The number of nitrogens with zero attached hydrogens (tertiary/aromatic N) is 3. The van der Waals surface area contributed by atoms with Gasteiger partial charge < -0.3 is 24.0 Å². The summed E-state index contributed by atoms with van der Waals surface area (Å²) in [5.41, 5.74) is 1.78. The van der Waals surface area contributed by atoms with E-state index in [1.54, 1.807) is 0 Å². The quantitative estimate of drug-likeness (QED) is 0.636. The summed E-state index contributed by atoms with van der Waals surface area (Å²) in [7, 11) is 0. The van der Waals surface area contributed by atoms with Crippen molar-refractivity contribution >= 4 is 0 Å². The van der Waals surface area contributed by atoms with Crippen LogP contribution in [-0.4, -0.2) is 112 Å². The zero-order chi connectivity index (χ0) is 23.7. The van der Waals surface area contributed by atoms with Crippen LogP contribution < -0.4 is 0 Å². The van der Waals surface area contributed by atoms with Crippen LogP contribution in [0.15, 0.2) is 0 Å². The van der Waals surface area contributed by atoms with Gasteiger partial charge in [0, 0.05) is 54.0 Å². The Hall–Kier alpha value is -0.240. The van der Waals surface area contributed by atoms with Crippen LogP contribution in [0.5, 0.6) is 0 Å². The Bertz CT molecular complexity index is 608. The van der Waals surface area contributed by atoms with Crippen LogP contribution in [0.4, 0.5) is 0 Å². The van der Waals surface area contributed by atoms with Crippen LogP contribution in [0.2, 0.25) is 0 Å². The van der Waals surface area contributed by atoms with Gasteiger partial charge in [0.1, 0.15) is 0 Å². The van der Waals surface area contributed by atoms with Crippen LogP contribution >= 0.6 is 0 Å². The van der Waals surface area contributed by atoms with Crippen molar-refractivity contribution in [3.05, 3.63) is 0 Å². The maximum atomic E-state index is 5.29. The van der Waals surface area contributed by atoms with Crippen LogP contribution in [-0.2, 0) is 14.2 Å². The van der Waals surface area contributed by atoms with E-state index in [0.717, 1.165) is 57.8 Å². The van der Waals surface area contributed by atoms with Crippen molar-refractivity contribution in [2.75, 3.05) is 78.9 Å². The van der Waals surface area contributed by atoms with Crippen molar-refractivity contribution in [1.82, 2.24) is 14.7 Å². The zero-order valence-electron chi connectivity index (χ0n) is 22.4. The first-order valence-electron chi connectivity index (χ1n) is 13.6. The van der Waals surface area contributed by atoms with E-state index in [0.29, 0.717) is 16.2 Å². The van der Waals surface area contributed by atoms with E-state index >= 15 is 0 Å². The highest BCUT2D eigenvalue weighted by Gasteiger charge is 2.49. The lowest BCUT2D eigenvalue weighted by molar-refractivity contribution is -0.195. The normalized spacial score (nSPS) is 29.7. The fourth-order valence-corrected chi connectivity index (χ4v) is 5.98. The summed E-state index contributed by atoms with van der Waals surface area (Å²) in [5.74, 6) is 0. The molecule has 33 heavy (non-hydrogen) atoms. The second-order valence-electron chi connectivity index (χ2n) is 12.9. The summed E-state index contributed by atoms with van der Waals surface area (Å²) in [5, 5.41) is 0. The molecule has 0 saturated carbocycles. The van der Waals surface area contributed by atoms with Gasteiger partial charge in [-0.3, -0.25) is 4.90 Å². The molecule has 0 aromatic carbocycles. The minimum absolute atomic E-state index is 0.574. The van der Waals surface area contributed by atoms with E-state index in [1.165, 1.54) is 58.5 Å². The fraction of sp³-hybridized carbons (Fsp3) is 1.00. The smallest absolute Gasteiger partial charge is 0.0569 e. The van der Waals surface area contributed by atoms with Gasteiger partial charge in [0.2, 0.25) is 0 Å². The van der Waals surface area contributed by atoms with E-state index in [4.69, 9.17) is 14.2 Å². The molecule has 0 aliphatic carbocycles. The number of rotatable bonds is 3. The zero-order valence-corrected chi connectivity index (χ0v) is 22.4. The van der Waals surface area contributed by atoms with Gasteiger partial charge >= 0.3 is 0 Å². The summed E-state index contributed by atoms with van der Waals surface area (Å²) in [6.07, 6.45) is 4.06. The molecule has 0 aromatic rings. The lowest BCUT2D eigenvalue weighted by atomic mass is 9.76. The minimum atomic E-state index is 0.574. The predicted octanol–water partition coefficient (Wildman–Crippen LogP) is 3.35. The largest absolute Gasteiger partial charge is 0.380 e. The molecule has 3 spiro atoms. The second-order valence-corrected chi connectivity index (χ2v) is 12.9. The summed E-state index contributed by atoms with van der Waals surface area (Å²) in [6.45, 7) is 27.4. The highest BCUT2D eigenvalue weighted by atomic mass is 16.5. The van der Waals surface area contributed by atoms with Gasteiger partial charge in [0.15, 0.2) is 0 Å². The summed E-state index contributed by atoms with van der Waals surface area (Å²) >= 11 is 0. The molecule has 6 aliphatic rings. The summed E-state index contributed by atoms with van der Waals surface area (Å²) < 4.78 is 15.7. The SMILES string of the molecule is CC(C)N1CC2(COC2)C1.CC(C)N1CCC2(CC1)COC2.CC(C)N1CCC2(COC2)C1. The molecule has 6 fully saturated rings. The fourth-order valence-electron chi connectivity index (χ4n) is 5.98. The van der Waals surface area contributed by atoms with E-state index < -0.39 is 0 Å². The van der Waals surface area contributed by atoms with Crippen molar-refractivity contribution in [3.63, 3.8) is 0 Å². The van der Waals surface area contributed by atoms with Crippen LogP contribution in [0.3, 0.4) is 0 Å². The molecule has 6 rings (SSSR count). The Morgan fingerprint density at radius 2 is 0.818 bits per heavy atom. The van der Waals surface area contributed by atoms with Crippen LogP contribution in [0.25, 0.3) is 0 Å². The first kappa shape index (κ1) is 25.8. The highest BCUT2D eigenvalue weighted by Crippen LogP contribution is 2.40. The van der Waals surface area contributed by atoms with Gasteiger partial charge in [-0.15, -0.1) is 0 Å². The molecule has 0 atom stereocenters. The molecule has 6 heterocycles. The predicted molar refractivity (Wildman–Crippen MR) is 134 cm³/mol. The Labute approximate surface area is 203 Å². The monoisotopic (exact) mass is 465 g/mol. The van der Waals surface area contributed by atoms with Gasteiger partial charge in [-0.2, -0.15) is 0 Å². The lowest BCUT2D eigenvalue weighted by Gasteiger charge is -2.56. The number of piperidine rings is 1. The standard InChI is InChI=1S/C10H19NO.C9H17NO.C8H15NO/c1-9(2)11-5-3-10(4-6-11)7-12-8-10;1-8(2)10-4-3-9(5-10)6-11-7-9;1-7(2)9-3-8(4-9)5-10-6-8/h9H,3-8H2,1-2H3;8H,3-7H2,1-2H3;7H,3-6H2,1-2H3. The van der Waals surface area contributed by atoms with Gasteiger partial charge in [0.25, 0.3) is 0 Å². The molecule has 0 amide bonds. The van der Waals surface area contributed by atoms with Crippen LogP contribution in [0, 0.1) is 16.2 Å². The van der Waals surface area contributed by atoms with Crippen molar-refractivity contribution in [2.45, 2.75) is 78.9 Å². The molecular weight excluding hydrogens is 414 g/mol. The van der Waals surface area contributed by atoms with Crippen molar-refractivity contribution in [3.8, 4) is 0 Å². The van der Waals surface area contributed by atoms with Crippen molar-refractivity contribution in [2.24, 2.45) is 16.2 Å². The molecule has 6 nitrogen and oxygen atoms in total. The molecule has 0 unspecified atom stereocenters. The molecule has 6 heteroatoms. The molecule has 192 valence electrons. The molecule has 6 saturated heterocycles. The third-order valence-corrected chi connectivity index (χ3v) is 9.04. The molecular formula is C27H51N3O3. The van der Waals surface area contributed by atoms with Gasteiger partial charge in [-0.1, -0.05) is 0 Å². The van der Waals surface area contributed by atoms with Crippen LogP contribution in [0.1, 0.15) is 60.8 Å². The third-order valence-electron chi connectivity index (χ3n) is 9.04. The van der Waals surface area contributed by atoms with Crippen molar-refractivity contribution in [1.29, 1.82) is 0 Å². The van der Waals surface area contributed by atoms with Crippen molar-refractivity contribution < 1.29 is 14.2 Å². The molecule has 0 radical (unpaired) electrons. The molecule has 0 bridgehead atoms. The minimum Gasteiger partial charge on any atom is -0.380 e. The van der Waals surface area contributed by atoms with Gasteiger partial charge in [0.05, 0.1) is 39.6 Å². The Kier molecular flexibility index (Phi) is 8.14. The maximum Gasteiger partial charge on any atom is 0.0569 e. The number of hydrogen-bond acceptors (Lipinski definition) is 6. The molecule has 0 N–H and O–H groups in total. The van der Waals surface area contributed by atoms with Gasteiger partial charge in [-0.05, 0) is 80.4 Å². The molecule has 6 aliphatic heterocycles. The third kappa shape index (κ3) is 5.95. The molecule has 0 aromatic heterocycles. The first-order chi connectivity index (χ1) is 15.7. The average molecular weight is 466 g/mol. The number of ether oxygens (including phenoxy) is 3. The van der Waals surface area contributed by atoms with E-state index in [1.807, 2.05) is 0 Å². The Morgan fingerprint density at radius 1 is 0.455 bits per heavy atom. The highest BCUT2D eigenvalue weighted by molar-refractivity contribution is 5.00. The van der Waals surface area contributed by atoms with E-state index in [9.17, 15) is 0 Å². The number of likely N-dealkylation sites (tertiary alicyclic amines) is 3. The Morgan fingerprint density at radius 3 is 1.12 bits per heavy atom. The summed E-state index contributed by atoms with van der Waals surface area (Å²) in [4.78, 5) is 7.63. The maximum absolute atomic E-state index is 5.29. The first-order valence-corrected chi connectivity index (χ1v) is 13.6.